The Morgan fingerprint density at radius 3 is 1.50 bits per heavy atom. The maximum atomic E-state index is 12.7. The van der Waals surface area contributed by atoms with Crippen LogP contribution in [0.2, 0.25) is 0 Å². The monoisotopic (exact) mass is 438 g/mol. The van der Waals surface area contributed by atoms with Crippen LogP contribution in [0, 0.1) is 23.7 Å². The Kier molecular flexibility index (Phi) is 7.32. The van der Waals surface area contributed by atoms with Crippen molar-refractivity contribution in [2.24, 2.45) is 35.1 Å². The highest BCUT2D eigenvalue weighted by molar-refractivity contribution is 5.94. The number of aromatic nitrogens is 2. The lowest BCUT2D eigenvalue weighted by molar-refractivity contribution is -0.121. The fraction of sp³-hybridized carbons (Fsp3) is 0.583. The van der Waals surface area contributed by atoms with E-state index in [-0.39, 0.29) is 23.7 Å². The first-order valence-electron chi connectivity index (χ1n) is 11.9. The van der Waals surface area contributed by atoms with E-state index in [2.05, 4.69) is 20.6 Å². The molecule has 32 heavy (non-hydrogen) atoms. The summed E-state index contributed by atoms with van der Waals surface area (Å²) in [4.78, 5) is 34.4. The van der Waals surface area contributed by atoms with E-state index in [1.54, 1.807) is 12.1 Å². The minimum Gasteiger partial charge on any atom is -0.330 e. The quantitative estimate of drug-likeness (QED) is 0.547. The summed E-state index contributed by atoms with van der Waals surface area (Å²) >= 11 is 0. The number of anilines is 2. The van der Waals surface area contributed by atoms with Crippen LogP contribution in [0.5, 0.6) is 0 Å². The highest BCUT2D eigenvalue weighted by Gasteiger charge is 2.27. The molecule has 2 heterocycles. The van der Waals surface area contributed by atoms with Gasteiger partial charge < -0.3 is 22.1 Å². The van der Waals surface area contributed by atoms with Crippen LogP contribution in [-0.2, 0) is 9.59 Å². The summed E-state index contributed by atoms with van der Waals surface area (Å²) < 4.78 is 0. The maximum absolute atomic E-state index is 12.7. The van der Waals surface area contributed by atoms with E-state index in [4.69, 9.17) is 11.5 Å². The van der Waals surface area contributed by atoms with Gasteiger partial charge in [0.15, 0.2) is 5.65 Å². The van der Waals surface area contributed by atoms with E-state index in [0.29, 0.717) is 42.2 Å². The summed E-state index contributed by atoms with van der Waals surface area (Å²) in [6.45, 7) is 1.39. The molecule has 0 radical (unpaired) electrons. The Hall–Kier alpha value is -2.58. The Labute approximate surface area is 188 Å². The second kappa shape index (κ2) is 10.4. The first-order valence-corrected chi connectivity index (χ1v) is 11.9. The fourth-order valence-electron chi connectivity index (χ4n) is 4.92. The molecule has 4 rings (SSSR count). The number of nitrogens with one attached hydrogen (secondary N) is 2. The number of hydrogen-bond donors (Lipinski definition) is 4. The molecule has 2 aliphatic rings. The van der Waals surface area contributed by atoms with Gasteiger partial charge in [-0.2, -0.15) is 0 Å². The Morgan fingerprint density at radius 1 is 0.719 bits per heavy atom. The molecule has 2 fully saturated rings. The van der Waals surface area contributed by atoms with Crippen molar-refractivity contribution in [3.8, 4) is 0 Å². The van der Waals surface area contributed by atoms with Crippen molar-refractivity contribution in [3.05, 3.63) is 24.3 Å². The Balaban J connectivity index is 1.38. The van der Waals surface area contributed by atoms with Crippen molar-refractivity contribution >= 4 is 34.5 Å². The van der Waals surface area contributed by atoms with E-state index in [1.165, 1.54) is 0 Å². The molecule has 8 heteroatoms. The standard InChI is InChI=1S/C24H34N6O2/c25-13-15-1-5-18(6-2-15)23(31)29-20-11-9-17-10-12-21(28-22(17)27-20)30-24(32)19-7-3-16(14-26)4-8-19/h9-12,15-16,18-19H,1-8,13-14,25-26H2,(H2,27,28,29,30,31,32). The highest BCUT2D eigenvalue weighted by atomic mass is 16.2. The smallest absolute Gasteiger partial charge is 0.228 e. The van der Waals surface area contributed by atoms with Gasteiger partial charge in [-0.1, -0.05) is 0 Å². The number of rotatable bonds is 6. The molecule has 0 aromatic carbocycles. The molecule has 0 unspecified atom stereocenters. The third-order valence-corrected chi connectivity index (χ3v) is 7.16. The van der Waals surface area contributed by atoms with Crippen LogP contribution in [0.1, 0.15) is 51.4 Å². The van der Waals surface area contributed by atoms with E-state index >= 15 is 0 Å². The highest BCUT2D eigenvalue weighted by Crippen LogP contribution is 2.30. The fourth-order valence-corrected chi connectivity index (χ4v) is 4.92. The van der Waals surface area contributed by atoms with Gasteiger partial charge >= 0.3 is 0 Å². The topological polar surface area (TPSA) is 136 Å². The van der Waals surface area contributed by atoms with Crippen LogP contribution in [0.3, 0.4) is 0 Å². The molecule has 0 saturated heterocycles. The number of nitrogens with two attached hydrogens (primary N) is 2. The van der Waals surface area contributed by atoms with Crippen molar-refractivity contribution in [3.63, 3.8) is 0 Å². The molecule has 2 amide bonds. The molecule has 0 atom stereocenters. The van der Waals surface area contributed by atoms with Crippen molar-refractivity contribution in [2.75, 3.05) is 23.7 Å². The molecule has 8 nitrogen and oxygen atoms in total. The predicted octanol–water partition coefficient (Wildman–Crippen LogP) is 3.04. The molecule has 0 aliphatic heterocycles. The zero-order chi connectivity index (χ0) is 22.5. The lowest BCUT2D eigenvalue weighted by Gasteiger charge is -2.26. The number of carbonyl (C=O) groups is 2. The number of hydrogen-bond acceptors (Lipinski definition) is 6. The van der Waals surface area contributed by atoms with E-state index in [0.717, 1.165) is 56.8 Å². The zero-order valence-corrected chi connectivity index (χ0v) is 18.6. The van der Waals surface area contributed by atoms with Gasteiger partial charge in [0.1, 0.15) is 11.6 Å². The molecule has 2 aromatic heterocycles. The van der Waals surface area contributed by atoms with Gasteiger partial charge in [0.2, 0.25) is 11.8 Å². The van der Waals surface area contributed by atoms with Gasteiger partial charge in [0, 0.05) is 17.2 Å². The summed E-state index contributed by atoms with van der Waals surface area (Å²) in [5.41, 5.74) is 12.0. The number of fused-ring (bicyclic) bond motifs is 1. The summed E-state index contributed by atoms with van der Waals surface area (Å²) in [6, 6.07) is 7.36. The molecule has 0 spiro atoms. The van der Waals surface area contributed by atoms with Crippen molar-refractivity contribution in [2.45, 2.75) is 51.4 Å². The van der Waals surface area contributed by atoms with Crippen LogP contribution in [0.25, 0.3) is 11.0 Å². The SMILES string of the molecule is NCC1CCC(C(=O)Nc2ccc3ccc(NC(=O)C4CCC(CN)CC4)nc3n2)CC1. The first kappa shape index (κ1) is 22.6. The molecule has 172 valence electrons. The molecule has 2 aliphatic carbocycles. The average molecular weight is 439 g/mol. The van der Waals surface area contributed by atoms with E-state index < -0.39 is 0 Å². The number of carbonyl (C=O) groups excluding carboxylic acids is 2. The second-order valence-electron chi connectivity index (χ2n) is 9.32. The Morgan fingerprint density at radius 2 is 1.12 bits per heavy atom. The summed E-state index contributed by atoms with van der Waals surface area (Å²) in [5, 5.41) is 6.73. The lowest BCUT2D eigenvalue weighted by atomic mass is 9.81. The molecule has 6 N–H and O–H groups in total. The van der Waals surface area contributed by atoms with Crippen LogP contribution in [0.4, 0.5) is 11.6 Å². The van der Waals surface area contributed by atoms with Crippen LogP contribution in [0.15, 0.2) is 24.3 Å². The van der Waals surface area contributed by atoms with Gasteiger partial charge in [0.25, 0.3) is 0 Å². The van der Waals surface area contributed by atoms with Gasteiger partial charge in [-0.3, -0.25) is 9.59 Å². The van der Waals surface area contributed by atoms with Gasteiger partial charge in [0.05, 0.1) is 0 Å². The number of nitrogens with zero attached hydrogens (tertiary/aromatic N) is 2. The summed E-state index contributed by atoms with van der Waals surface area (Å²) in [6.07, 6.45) is 7.45. The van der Waals surface area contributed by atoms with Crippen molar-refractivity contribution in [1.82, 2.24) is 9.97 Å². The maximum Gasteiger partial charge on any atom is 0.228 e. The minimum absolute atomic E-state index is 0.00300. The summed E-state index contributed by atoms with van der Waals surface area (Å²) in [5.74, 6) is 2.05. The molecule has 2 aromatic rings. The average Bonchev–Trinajstić information content (AvgIpc) is 2.84. The Bertz CT molecular complexity index is 876. The zero-order valence-electron chi connectivity index (χ0n) is 18.6. The molecular weight excluding hydrogens is 404 g/mol. The normalized spacial score (nSPS) is 25.9. The lowest BCUT2D eigenvalue weighted by Crippen LogP contribution is -2.29. The largest absolute Gasteiger partial charge is 0.330 e. The predicted molar refractivity (Wildman–Crippen MR) is 126 cm³/mol. The van der Waals surface area contributed by atoms with Crippen LogP contribution in [-0.4, -0.2) is 34.9 Å². The number of pyridine rings is 2. The van der Waals surface area contributed by atoms with Crippen molar-refractivity contribution in [1.29, 1.82) is 0 Å². The van der Waals surface area contributed by atoms with Gasteiger partial charge in [-0.05, 0) is 101 Å². The second-order valence-corrected chi connectivity index (χ2v) is 9.32. The molecular formula is C24H34N6O2. The van der Waals surface area contributed by atoms with Gasteiger partial charge in [-0.25, -0.2) is 9.97 Å². The van der Waals surface area contributed by atoms with Crippen LogP contribution < -0.4 is 22.1 Å². The molecule has 2 saturated carbocycles. The third-order valence-electron chi connectivity index (χ3n) is 7.16. The van der Waals surface area contributed by atoms with E-state index in [1.807, 2.05) is 12.1 Å². The van der Waals surface area contributed by atoms with Crippen molar-refractivity contribution < 1.29 is 9.59 Å². The first-order chi connectivity index (χ1) is 15.6. The minimum atomic E-state index is 0.00300. The number of amides is 2. The summed E-state index contributed by atoms with van der Waals surface area (Å²) in [7, 11) is 0. The molecule has 0 bridgehead atoms. The van der Waals surface area contributed by atoms with E-state index in [9.17, 15) is 9.59 Å². The van der Waals surface area contributed by atoms with Crippen LogP contribution >= 0.6 is 0 Å². The third kappa shape index (κ3) is 5.42. The van der Waals surface area contributed by atoms with Gasteiger partial charge in [-0.15, -0.1) is 0 Å².